The lowest BCUT2D eigenvalue weighted by Crippen LogP contribution is -2.55. The van der Waals surface area contributed by atoms with E-state index < -0.39 is 0 Å². The van der Waals surface area contributed by atoms with Gasteiger partial charge in [0.15, 0.2) is 0 Å². The Bertz CT molecular complexity index is 601. The van der Waals surface area contributed by atoms with Crippen molar-refractivity contribution in [1.29, 1.82) is 0 Å². The van der Waals surface area contributed by atoms with Crippen molar-refractivity contribution in [1.82, 2.24) is 0 Å². The third-order valence-corrected chi connectivity index (χ3v) is 11.6. The molecule has 0 bridgehead atoms. The maximum Gasteiger partial charge on any atom is 0.0579 e. The van der Waals surface area contributed by atoms with E-state index in [1.54, 1.807) is 0 Å². The van der Waals surface area contributed by atoms with Gasteiger partial charge in [-0.1, -0.05) is 54.4 Å². The van der Waals surface area contributed by atoms with E-state index in [0.717, 1.165) is 42.9 Å². The van der Waals surface area contributed by atoms with Gasteiger partial charge in [-0.15, -0.1) is 0 Å². The van der Waals surface area contributed by atoms with Crippen molar-refractivity contribution in [2.24, 2.45) is 58.2 Å². The highest BCUT2D eigenvalue weighted by atomic mass is 16.3. The molecule has 2 N–H and O–H groups in total. The zero-order chi connectivity index (χ0) is 21.8. The van der Waals surface area contributed by atoms with Gasteiger partial charge in [0.25, 0.3) is 0 Å². The molecule has 0 radical (unpaired) electrons. The summed E-state index contributed by atoms with van der Waals surface area (Å²) < 4.78 is 0. The molecule has 11 atom stereocenters. The molecule has 174 valence electrons. The molecule has 4 aliphatic carbocycles. The van der Waals surface area contributed by atoms with Gasteiger partial charge < -0.3 is 10.2 Å². The van der Waals surface area contributed by atoms with Gasteiger partial charge in [0.05, 0.1) is 12.2 Å². The molecule has 0 spiro atoms. The Morgan fingerprint density at radius 1 is 0.833 bits per heavy atom. The number of fused-ring (bicyclic) bond motifs is 5. The maximum absolute atomic E-state index is 11.4. The summed E-state index contributed by atoms with van der Waals surface area (Å²) in [7, 11) is 0. The lowest BCUT2D eigenvalue weighted by molar-refractivity contribution is -0.142. The lowest BCUT2D eigenvalue weighted by Gasteiger charge is -2.61. The predicted octanol–water partition coefficient (Wildman–Crippen LogP) is 6.69. The minimum absolute atomic E-state index is 0.0657. The van der Waals surface area contributed by atoms with E-state index in [-0.39, 0.29) is 12.2 Å². The van der Waals surface area contributed by atoms with E-state index in [9.17, 15) is 10.2 Å². The molecule has 4 fully saturated rings. The molecule has 0 saturated heterocycles. The van der Waals surface area contributed by atoms with Crippen LogP contribution in [0.3, 0.4) is 0 Å². The summed E-state index contributed by atoms with van der Waals surface area (Å²) in [4.78, 5) is 0. The third-order valence-electron chi connectivity index (χ3n) is 11.6. The first-order valence-electron chi connectivity index (χ1n) is 13.4. The second kappa shape index (κ2) is 8.36. The van der Waals surface area contributed by atoms with Crippen LogP contribution in [0.5, 0.6) is 0 Å². The standard InChI is InChI=1S/C28H50O2/c1-17(2)18(3)7-8-19(4)24-16-25(30)26-22-10-9-20-15-21(29)11-13-27(20,5)23(22)12-14-28(24,26)6/h17-26,29-30H,7-16H2,1-6H3. The van der Waals surface area contributed by atoms with Gasteiger partial charge in [-0.2, -0.15) is 0 Å². The Labute approximate surface area is 186 Å². The number of rotatable bonds is 5. The van der Waals surface area contributed by atoms with Gasteiger partial charge in [0.2, 0.25) is 0 Å². The minimum Gasteiger partial charge on any atom is -0.393 e. The average Bonchev–Trinajstić information content (AvgIpc) is 2.97. The van der Waals surface area contributed by atoms with E-state index in [2.05, 4.69) is 41.5 Å². The molecule has 11 unspecified atom stereocenters. The highest BCUT2D eigenvalue weighted by molar-refractivity contribution is 5.12. The second-order valence-electron chi connectivity index (χ2n) is 13.2. The molecule has 4 saturated carbocycles. The Balaban J connectivity index is 1.50. The highest BCUT2D eigenvalue weighted by Crippen LogP contribution is 2.68. The summed E-state index contributed by atoms with van der Waals surface area (Å²) in [5.74, 6) is 5.69. The fourth-order valence-electron chi connectivity index (χ4n) is 9.29. The normalized spacial score (nSPS) is 50.5. The Morgan fingerprint density at radius 2 is 1.53 bits per heavy atom. The topological polar surface area (TPSA) is 40.5 Å². The number of hydrogen-bond acceptors (Lipinski definition) is 2. The zero-order valence-electron chi connectivity index (χ0n) is 20.7. The van der Waals surface area contributed by atoms with Crippen LogP contribution in [0.1, 0.15) is 106 Å². The van der Waals surface area contributed by atoms with Crippen molar-refractivity contribution in [3.05, 3.63) is 0 Å². The highest BCUT2D eigenvalue weighted by Gasteiger charge is 2.63. The van der Waals surface area contributed by atoms with Crippen molar-refractivity contribution in [2.45, 2.75) is 118 Å². The number of aliphatic hydroxyl groups excluding tert-OH is 2. The quantitative estimate of drug-likeness (QED) is 0.522. The fraction of sp³-hybridized carbons (Fsp3) is 1.00. The zero-order valence-corrected chi connectivity index (χ0v) is 20.7. The summed E-state index contributed by atoms with van der Waals surface area (Å²) >= 11 is 0. The van der Waals surface area contributed by atoms with Gasteiger partial charge in [-0.25, -0.2) is 0 Å². The SMILES string of the molecule is CC(C)C(C)CCC(C)C1CC(O)C2C3CCC4CC(O)CCC4(C)C3CCC12C. The monoisotopic (exact) mass is 418 g/mol. The molecule has 30 heavy (non-hydrogen) atoms. The molecule has 4 aliphatic rings. The van der Waals surface area contributed by atoms with E-state index in [4.69, 9.17) is 0 Å². The summed E-state index contributed by atoms with van der Waals surface area (Å²) in [5.41, 5.74) is 0.734. The number of hydrogen-bond donors (Lipinski definition) is 2. The molecule has 0 aromatic carbocycles. The smallest absolute Gasteiger partial charge is 0.0579 e. The van der Waals surface area contributed by atoms with Gasteiger partial charge in [-0.3, -0.25) is 0 Å². The molecular formula is C28H50O2. The molecule has 2 nitrogen and oxygen atoms in total. The Kier molecular flexibility index (Phi) is 6.44. The summed E-state index contributed by atoms with van der Waals surface area (Å²) in [6, 6.07) is 0. The van der Waals surface area contributed by atoms with Crippen molar-refractivity contribution in [3.63, 3.8) is 0 Å². The summed E-state index contributed by atoms with van der Waals surface area (Å²) in [5, 5.41) is 21.7. The van der Waals surface area contributed by atoms with E-state index in [0.29, 0.717) is 34.5 Å². The van der Waals surface area contributed by atoms with Crippen molar-refractivity contribution < 1.29 is 10.2 Å². The molecular weight excluding hydrogens is 368 g/mol. The van der Waals surface area contributed by atoms with Gasteiger partial charge in [0, 0.05) is 0 Å². The van der Waals surface area contributed by atoms with Crippen LogP contribution in [0.2, 0.25) is 0 Å². The molecule has 4 rings (SSSR count). The van der Waals surface area contributed by atoms with Crippen LogP contribution in [-0.4, -0.2) is 22.4 Å². The van der Waals surface area contributed by atoms with Crippen LogP contribution >= 0.6 is 0 Å². The van der Waals surface area contributed by atoms with Crippen molar-refractivity contribution in [2.75, 3.05) is 0 Å². The first-order valence-corrected chi connectivity index (χ1v) is 13.4. The second-order valence-corrected chi connectivity index (χ2v) is 13.2. The first-order chi connectivity index (χ1) is 14.1. The Morgan fingerprint density at radius 3 is 2.23 bits per heavy atom. The van der Waals surface area contributed by atoms with Crippen LogP contribution in [0.15, 0.2) is 0 Å². The van der Waals surface area contributed by atoms with Crippen LogP contribution in [-0.2, 0) is 0 Å². The van der Waals surface area contributed by atoms with Crippen molar-refractivity contribution >= 4 is 0 Å². The summed E-state index contributed by atoms with van der Waals surface area (Å²) in [6.07, 6.45) is 12.0. The van der Waals surface area contributed by atoms with Gasteiger partial charge in [0.1, 0.15) is 0 Å². The Hall–Kier alpha value is -0.0800. The van der Waals surface area contributed by atoms with Crippen LogP contribution in [0, 0.1) is 58.2 Å². The van der Waals surface area contributed by atoms with Gasteiger partial charge in [-0.05, 0) is 110 Å². The van der Waals surface area contributed by atoms with E-state index in [1.807, 2.05) is 0 Å². The first kappa shape index (κ1) is 23.1. The molecule has 0 aliphatic heterocycles. The molecule has 2 heteroatoms. The maximum atomic E-state index is 11.4. The molecule has 0 aromatic heterocycles. The molecule has 0 aromatic rings. The average molecular weight is 419 g/mol. The minimum atomic E-state index is -0.0906. The van der Waals surface area contributed by atoms with Gasteiger partial charge >= 0.3 is 0 Å². The summed E-state index contributed by atoms with van der Waals surface area (Å²) in [6.45, 7) is 14.7. The fourth-order valence-corrected chi connectivity index (χ4v) is 9.29. The van der Waals surface area contributed by atoms with E-state index >= 15 is 0 Å². The van der Waals surface area contributed by atoms with Crippen molar-refractivity contribution in [3.8, 4) is 0 Å². The van der Waals surface area contributed by atoms with Crippen LogP contribution < -0.4 is 0 Å². The van der Waals surface area contributed by atoms with E-state index in [1.165, 1.54) is 44.9 Å². The van der Waals surface area contributed by atoms with Crippen LogP contribution in [0.25, 0.3) is 0 Å². The lowest BCUT2D eigenvalue weighted by atomic mass is 9.44. The predicted molar refractivity (Wildman–Crippen MR) is 125 cm³/mol. The number of aliphatic hydroxyl groups is 2. The molecule has 0 heterocycles. The largest absolute Gasteiger partial charge is 0.393 e. The molecule has 0 amide bonds. The van der Waals surface area contributed by atoms with Crippen LogP contribution in [0.4, 0.5) is 0 Å². The third kappa shape index (κ3) is 3.70.